The van der Waals surface area contributed by atoms with Gasteiger partial charge in [0.2, 0.25) is 11.8 Å². The van der Waals surface area contributed by atoms with Gasteiger partial charge in [-0.15, -0.1) is 0 Å². The minimum atomic E-state index is -0.0930. The third-order valence-corrected chi connectivity index (χ3v) is 4.54. The Kier molecular flexibility index (Phi) is 4.69. The van der Waals surface area contributed by atoms with E-state index in [1.165, 1.54) is 12.8 Å². The number of para-hydroxylation sites is 2. The maximum atomic E-state index is 12.5. The van der Waals surface area contributed by atoms with Crippen molar-refractivity contribution in [2.45, 2.75) is 19.3 Å². The normalized spacial score (nSPS) is 13.8. The molecule has 5 heteroatoms. The van der Waals surface area contributed by atoms with Gasteiger partial charge in [-0.3, -0.25) is 4.79 Å². The Morgan fingerprint density at radius 1 is 1.04 bits per heavy atom. The summed E-state index contributed by atoms with van der Waals surface area (Å²) in [4.78, 5) is 19.2. The zero-order chi connectivity index (χ0) is 17.8. The predicted molar refractivity (Wildman–Crippen MR) is 102 cm³/mol. The second-order valence-electron chi connectivity index (χ2n) is 6.45. The van der Waals surface area contributed by atoms with Crippen LogP contribution in [-0.4, -0.2) is 24.0 Å². The lowest BCUT2D eigenvalue weighted by molar-refractivity contribution is -0.115. The Morgan fingerprint density at radius 3 is 2.58 bits per heavy atom. The molecule has 1 saturated heterocycles. The minimum Gasteiger partial charge on any atom is -0.444 e. The summed E-state index contributed by atoms with van der Waals surface area (Å²) in [6, 6.07) is 17.6. The van der Waals surface area contributed by atoms with Crippen LogP contribution in [0, 0.1) is 0 Å². The average molecular weight is 347 g/mol. The molecule has 26 heavy (non-hydrogen) atoms. The topological polar surface area (TPSA) is 58.4 Å². The molecule has 0 spiro atoms. The average Bonchev–Trinajstić information content (AvgIpc) is 3.35. The predicted octanol–water partition coefficient (Wildman–Crippen LogP) is 4.12. The van der Waals surface area contributed by atoms with Crippen LogP contribution in [0.15, 0.2) is 65.3 Å². The third kappa shape index (κ3) is 3.61. The summed E-state index contributed by atoms with van der Waals surface area (Å²) in [5.74, 6) is 0.440. The van der Waals surface area contributed by atoms with E-state index in [4.69, 9.17) is 4.42 Å². The van der Waals surface area contributed by atoms with Crippen LogP contribution in [0.25, 0.3) is 11.5 Å². The Hall–Kier alpha value is -3.08. The van der Waals surface area contributed by atoms with Gasteiger partial charge in [0.05, 0.1) is 23.5 Å². The molecule has 1 aliphatic rings. The van der Waals surface area contributed by atoms with Crippen molar-refractivity contribution < 1.29 is 9.21 Å². The van der Waals surface area contributed by atoms with E-state index in [0.29, 0.717) is 11.6 Å². The lowest BCUT2D eigenvalue weighted by Crippen LogP contribution is -2.21. The van der Waals surface area contributed by atoms with E-state index >= 15 is 0 Å². The van der Waals surface area contributed by atoms with Gasteiger partial charge < -0.3 is 14.6 Å². The van der Waals surface area contributed by atoms with Crippen LogP contribution < -0.4 is 10.2 Å². The maximum absolute atomic E-state index is 12.5. The number of hydrogen-bond donors (Lipinski definition) is 1. The first-order valence-corrected chi connectivity index (χ1v) is 8.93. The fourth-order valence-corrected chi connectivity index (χ4v) is 3.27. The monoisotopic (exact) mass is 347 g/mol. The van der Waals surface area contributed by atoms with Gasteiger partial charge in [-0.25, -0.2) is 4.98 Å². The number of nitrogens with one attached hydrogen (secondary N) is 1. The summed E-state index contributed by atoms with van der Waals surface area (Å²) in [6.45, 7) is 2.08. The van der Waals surface area contributed by atoms with E-state index in [2.05, 4.69) is 21.3 Å². The molecule has 1 N–H and O–H groups in total. The summed E-state index contributed by atoms with van der Waals surface area (Å²) in [6.07, 6.45) is 4.13. The molecule has 0 bridgehead atoms. The van der Waals surface area contributed by atoms with Crippen molar-refractivity contribution in [2.24, 2.45) is 0 Å². The van der Waals surface area contributed by atoms with Gasteiger partial charge >= 0.3 is 0 Å². The van der Waals surface area contributed by atoms with Crippen LogP contribution in [0.5, 0.6) is 0 Å². The van der Waals surface area contributed by atoms with Crippen molar-refractivity contribution in [3.8, 4) is 11.5 Å². The molecule has 0 saturated carbocycles. The largest absolute Gasteiger partial charge is 0.444 e. The smallest absolute Gasteiger partial charge is 0.230 e. The number of aromatic nitrogens is 1. The first-order chi connectivity index (χ1) is 12.8. The van der Waals surface area contributed by atoms with Gasteiger partial charge in [-0.2, -0.15) is 0 Å². The maximum Gasteiger partial charge on any atom is 0.230 e. The van der Waals surface area contributed by atoms with Crippen molar-refractivity contribution in [3.63, 3.8) is 0 Å². The first-order valence-electron chi connectivity index (χ1n) is 8.93. The number of nitrogens with zero attached hydrogens (tertiary/aromatic N) is 2. The second kappa shape index (κ2) is 7.44. The number of amides is 1. The molecule has 0 radical (unpaired) electrons. The van der Waals surface area contributed by atoms with E-state index in [0.717, 1.165) is 30.0 Å². The van der Waals surface area contributed by atoms with Crippen LogP contribution in [0.2, 0.25) is 0 Å². The van der Waals surface area contributed by atoms with E-state index in [-0.39, 0.29) is 12.3 Å². The molecule has 3 aromatic rings. The number of oxazole rings is 1. The first kappa shape index (κ1) is 16.4. The quantitative estimate of drug-likeness (QED) is 0.754. The van der Waals surface area contributed by atoms with Crippen molar-refractivity contribution in [3.05, 3.63) is 66.6 Å². The van der Waals surface area contributed by atoms with Crippen LogP contribution in [0.4, 0.5) is 11.4 Å². The van der Waals surface area contributed by atoms with Gasteiger partial charge in [-0.05, 0) is 37.1 Å². The summed E-state index contributed by atoms with van der Waals surface area (Å²) in [5.41, 5.74) is 3.47. The van der Waals surface area contributed by atoms with E-state index < -0.39 is 0 Å². The molecule has 4 rings (SSSR count). The standard InChI is InChI=1S/C21H21N3O2/c25-20(14-17-15-26-21(22-17)16-8-2-1-3-9-16)23-18-10-4-5-11-19(18)24-12-6-7-13-24/h1-5,8-11,15H,6-7,12-14H2,(H,23,25). The molecule has 2 heterocycles. The zero-order valence-corrected chi connectivity index (χ0v) is 14.5. The van der Waals surface area contributed by atoms with E-state index in [1.807, 2.05) is 48.5 Å². The Labute approximate surface area is 152 Å². The molecule has 1 aromatic heterocycles. The highest BCUT2D eigenvalue weighted by atomic mass is 16.3. The molecule has 0 atom stereocenters. The lowest BCUT2D eigenvalue weighted by Gasteiger charge is -2.21. The molecule has 1 fully saturated rings. The third-order valence-electron chi connectivity index (χ3n) is 4.54. The summed E-state index contributed by atoms with van der Waals surface area (Å²) < 4.78 is 5.51. The van der Waals surface area contributed by atoms with Crippen molar-refractivity contribution in [2.75, 3.05) is 23.3 Å². The summed E-state index contributed by atoms with van der Waals surface area (Å²) in [5, 5.41) is 3.02. The van der Waals surface area contributed by atoms with E-state index in [9.17, 15) is 4.79 Å². The molecular formula is C21H21N3O2. The molecule has 2 aromatic carbocycles. The van der Waals surface area contributed by atoms with Crippen LogP contribution in [0.3, 0.4) is 0 Å². The van der Waals surface area contributed by atoms with Crippen LogP contribution in [0.1, 0.15) is 18.5 Å². The van der Waals surface area contributed by atoms with Crippen LogP contribution in [-0.2, 0) is 11.2 Å². The highest BCUT2D eigenvalue weighted by Gasteiger charge is 2.17. The number of benzene rings is 2. The van der Waals surface area contributed by atoms with Crippen molar-refractivity contribution in [1.82, 2.24) is 4.98 Å². The van der Waals surface area contributed by atoms with Crippen molar-refractivity contribution >= 4 is 17.3 Å². The molecule has 1 amide bonds. The van der Waals surface area contributed by atoms with Gasteiger partial charge in [0.15, 0.2) is 0 Å². The van der Waals surface area contributed by atoms with Crippen LogP contribution >= 0.6 is 0 Å². The molecule has 132 valence electrons. The Bertz CT molecular complexity index is 883. The van der Waals surface area contributed by atoms with Gasteiger partial charge in [0.1, 0.15) is 6.26 Å². The number of rotatable bonds is 5. The zero-order valence-electron chi connectivity index (χ0n) is 14.5. The molecule has 5 nitrogen and oxygen atoms in total. The molecule has 0 aliphatic carbocycles. The molecular weight excluding hydrogens is 326 g/mol. The number of carbonyl (C=O) groups excluding carboxylic acids is 1. The highest BCUT2D eigenvalue weighted by molar-refractivity contribution is 5.95. The number of anilines is 2. The number of carbonyl (C=O) groups is 1. The van der Waals surface area contributed by atoms with E-state index in [1.54, 1.807) is 6.26 Å². The Balaban J connectivity index is 1.44. The fraction of sp³-hybridized carbons (Fsp3) is 0.238. The second-order valence-corrected chi connectivity index (χ2v) is 6.45. The Morgan fingerprint density at radius 2 is 1.77 bits per heavy atom. The summed E-state index contributed by atoms with van der Waals surface area (Å²) >= 11 is 0. The van der Waals surface area contributed by atoms with Crippen molar-refractivity contribution in [1.29, 1.82) is 0 Å². The van der Waals surface area contributed by atoms with Gasteiger partial charge in [-0.1, -0.05) is 30.3 Å². The lowest BCUT2D eigenvalue weighted by atomic mass is 10.2. The molecule has 0 unspecified atom stereocenters. The number of hydrogen-bond acceptors (Lipinski definition) is 4. The minimum absolute atomic E-state index is 0.0930. The van der Waals surface area contributed by atoms with Gasteiger partial charge in [0.25, 0.3) is 0 Å². The van der Waals surface area contributed by atoms with Gasteiger partial charge in [0, 0.05) is 18.7 Å². The highest BCUT2D eigenvalue weighted by Crippen LogP contribution is 2.28. The fourth-order valence-electron chi connectivity index (χ4n) is 3.27. The SMILES string of the molecule is O=C(Cc1coc(-c2ccccc2)n1)Nc1ccccc1N1CCCC1. The molecule has 1 aliphatic heterocycles. The summed E-state index contributed by atoms with van der Waals surface area (Å²) in [7, 11) is 0.